The highest BCUT2D eigenvalue weighted by Crippen LogP contribution is 2.30. The SMILES string of the molecule is COc1ccc(F)cc1C1CNCCN1C(C)=O. The van der Waals surface area contributed by atoms with Crippen molar-refractivity contribution in [2.75, 3.05) is 26.7 Å². The van der Waals surface area contributed by atoms with E-state index >= 15 is 0 Å². The van der Waals surface area contributed by atoms with Crippen molar-refractivity contribution in [1.29, 1.82) is 0 Å². The van der Waals surface area contributed by atoms with Gasteiger partial charge in [0.1, 0.15) is 11.6 Å². The summed E-state index contributed by atoms with van der Waals surface area (Å²) in [6, 6.07) is 4.21. The Balaban J connectivity index is 2.38. The minimum absolute atomic E-state index is 0.00665. The first kappa shape index (κ1) is 12.8. The fourth-order valence-corrected chi connectivity index (χ4v) is 2.32. The second-order valence-corrected chi connectivity index (χ2v) is 4.32. The minimum atomic E-state index is -0.320. The van der Waals surface area contributed by atoms with E-state index in [4.69, 9.17) is 4.74 Å². The summed E-state index contributed by atoms with van der Waals surface area (Å²) in [5, 5.41) is 3.22. The number of halogens is 1. The van der Waals surface area contributed by atoms with Gasteiger partial charge in [-0.3, -0.25) is 4.79 Å². The number of benzene rings is 1. The van der Waals surface area contributed by atoms with Crippen molar-refractivity contribution in [1.82, 2.24) is 10.2 Å². The van der Waals surface area contributed by atoms with Crippen LogP contribution in [0.5, 0.6) is 5.75 Å². The maximum Gasteiger partial charge on any atom is 0.220 e. The average Bonchev–Trinajstić information content (AvgIpc) is 2.38. The molecule has 1 aromatic carbocycles. The lowest BCUT2D eigenvalue weighted by Crippen LogP contribution is -2.48. The number of hydrogen-bond donors (Lipinski definition) is 1. The van der Waals surface area contributed by atoms with Crippen molar-refractivity contribution in [2.45, 2.75) is 13.0 Å². The van der Waals surface area contributed by atoms with Gasteiger partial charge in [0, 0.05) is 32.1 Å². The first-order valence-electron chi connectivity index (χ1n) is 5.95. The van der Waals surface area contributed by atoms with Crippen molar-refractivity contribution in [2.24, 2.45) is 0 Å². The maximum absolute atomic E-state index is 13.4. The van der Waals surface area contributed by atoms with Gasteiger partial charge in [0.25, 0.3) is 0 Å². The number of amides is 1. The summed E-state index contributed by atoms with van der Waals surface area (Å²) in [5.74, 6) is 0.282. The van der Waals surface area contributed by atoms with Crippen LogP contribution in [-0.2, 0) is 4.79 Å². The molecule has 98 valence electrons. The van der Waals surface area contributed by atoms with E-state index in [1.54, 1.807) is 18.1 Å². The summed E-state index contributed by atoms with van der Waals surface area (Å²) in [5.41, 5.74) is 0.708. The normalized spacial score (nSPS) is 19.7. The number of methoxy groups -OCH3 is 1. The van der Waals surface area contributed by atoms with Crippen LogP contribution in [0.1, 0.15) is 18.5 Å². The minimum Gasteiger partial charge on any atom is -0.496 e. The Morgan fingerprint density at radius 3 is 3.00 bits per heavy atom. The van der Waals surface area contributed by atoms with E-state index in [0.29, 0.717) is 24.4 Å². The predicted octanol–water partition coefficient (Wildman–Crippen LogP) is 1.33. The van der Waals surface area contributed by atoms with Gasteiger partial charge < -0.3 is 15.0 Å². The van der Waals surface area contributed by atoms with E-state index in [1.807, 2.05) is 0 Å². The van der Waals surface area contributed by atoms with Gasteiger partial charge in [-0.25, -0.2) is 4.39 Å². The molecule has 5 heteroatoms. The summed E-state index contributed by atoms with van der Waals surface area (Å²) in [7, 11) is 1.55. The Kier molecular flexibility index (Phi) is 3.81. The van der Waals surface area contributed by atoms with E-state index in [2.05, 4.69) is 5.32 Å². The molecular weight excluding hydrogens is 235 g/mol. The summed E-state index contributed by atoms with van der Waals surface area (Å²) in [6.45, 7) is 3.52. The fraction of sp³-hybridized carbons (Fsp3) is 0.462. The van der Waals surface area contributed by atoms with E-state index in [1.165, 1.54) is 19.1 Å². The van der Waals surface area contributed by atoms with Crippen LogP contribution in [0.3, 0.4) is 0 Å². The molecule has 1 atom stereocenters. The van der Waals surface area contributed by atoms with Gasteiger partial charge in [0.2, 0.25) is 5.91 Å². The molecule has 1 aromatic rings. The van der Waals surface area contributed by atoms with Crippen molar-refractivity contribution in [3.63, 3.8) is 0 Å². The van der Waals surface area contributed by atoms with Crippen LogP contribution in [0.25, 0.3) is 0 Å². The molecule has 1 heterocycles. The molecule has 1 N–H and O–H groups in total. The molecule has 1 unspecified atom stereocenters. The third-order valence-electron chi connectivity index (χ3n) is 3.20. The molecule has 0 bridgehead atoms. The number of nitrogens with zero attached hydrogens (tertiary/aromatic N) is 1. The van der Waals surface area contributed by atoms with E-state index in [0.717, 1.165) is 6.54 Å². The predicted molar refractivity (Wildman–Crippen MR) is 65.9 cm³/mol. The molecule has 0 radical (unpaired) electrons. The van der Waals surface area contributed by atoms with Gasteiger partial charge in [0.05, 0.1) is 13.2 Å². The second kappa shape index (κ2) is 5.35. The molecular formula is C13H17FN2O2. The monoisotopic (exact) mass is 252 g/mol. The first-order valence-corrected chi connectivity index (χ1v) is 5.95. The van der Waals surface area contributed by atoms with Gasteiger partial charge in [-0.2, -0.15) is 0 Å². The number of ether oxygens (including phenoxy) is 1. The Morgan fingerprint density at radius 2 is 2.33 bits per heavy atom. The number of carbonyl (C=O) groups excluding carboxylic acids is 1. The molecule has 0 aliphatic carbocycles. The smallest absolute Gasteiger partial charge is 0.220 e. The summed E-state index contributed by atoms with van der Waals surface area (Å²) in [4.78, 5) is 13.4. The number of piperazine rings is 1. The van der Waals surface area contributed by atoms with Crippen LogP contribution in [-0.4, -0.2) is 37.6 Å². The highest BCUT2D eigenvalue weighted by Gasteiger charge is 2.28. The number of rotatable bonds is 2. The molecule has 0 saturated carbocycles. The lowest BCUT2D eigenvalue weighted by molar-refractivity contribution is -0.132. The van der Waals surface area contributed by atoms with Crippen LogP contribution < -0.4 is 10.1 Å². The summed E-state index contributed by atoms with van der Waals surface area (Å²) in [6.07, 6.45) is 0. The fourth-order valence-electron chi connectivity index (χ4n) is 2.32. The zero-order valence-electron chi connectivity index (χ0n) is 10.6. The van der Waals surface area contributed by atoms with E-state index in [9.17, 15) is 9.18 Å². The van der Waals surface area contributed by atoms with Crippen molar-refractivity contribution in [3.8, 4) is 5.75 Å². The van der Waals surface area contributed by atoms with Crippen LogP contribution in [0.15, 0.2) is 18.2 Å². The van der Waals surface area contributed by atoms with Gasteiger partial charge in [-0.05, 0) is 18.2 Å². The molecule has 1 saturated heterocycles. The summed E-state index contributed by atoms with van der Waals surface area (Å²) >= 11 is 0. The van der Waals surface area contributed by atoms with Crippen LogP contribution in [0.4, 0.5) is 4.39 Å². The molecule has 1 fully saturated rings. The topological polar surface area (TPSA) is 41.6 Å². The average molecular weight is 252 g/mol. The Labute approximate surface area is 106 Å². The van der Waals surface area contributed by atoms with Crippen LogP contribution in [0.2, 0.25) is 0 Å². The van der Waals surface area contributed by atoms with E-state index < -0.39 is 0 Å². The molecule has 4 nitrogen and oxygen atoms in total. The Morgan fingerprint density at radius 1 is 1.56 bits per heavy atom. The molecule has 1 aliphatic heterocycles. The standard InChI is InChI=1S/C13H17FN2O2/c1-9(17)16-6-5-15-8-12(16)11-7-10(14)3-4-13(11)18-2/h3-4,7,12,15H,5-6,8H2,1-2H3. The summed E-state index contributed by atoms with van der Waals surface area (Å²) < 4.78 is 18.6. The number of nitrogens with one attached hydrogen (secondary N) is 1. The first-order chi connectivity index (χ1) is 8.63. The zero-order valence-corrected chi connectivity index (χ0v) is 10.6. The third-order valence-corrected chi connectivity index (χ3v) is 3.20. The zero-order chi connectivity index (χ0) is 13.1. The van der Waals surface area contributed by atoms with Gasteiger partial charge in [0.15, 0.2) is 0 Å². The highest BCUT2D eigenvalue weighted by molar-refractivity contribution is 5.74. The molecule has 0 spiro atoms. The Bertz CT molecular complexity index is 451. The van der Waals surface area contributed by atoms with Crippen molar-refractivity contribution in [3.05, 3.63) is 29.6 Å². The Hall–Kier alpha value is -1.62. The third kappa shape index (κ3) is 2.46. The number of hydrogen-bond acceptors (Lipinski definition) is 3. The molecule has 1 amide bonds. The quantitative estimate of drug-likeness (QED) is 0.863. The van der Waals surface area contributed by atoms with Gasteiger partial charge >= 0.3 is 0 Å². The molecule has 0 aromatic heterocycles. The molecule has 1 aliphatic rings. The van der Waals surface area contributed by atoms with Crippen molar-refractivity contribution < 1.29 is 13.9 Å². The highest BCUT2D eigenvalue weighted by atomic mass is 19.1. The van der Waals surface area contributed by atoms with Crippen LogP contribution >= 0.6 is 0 Å². The van der Waals surface area contributed by atoms with Crippen molar-refractivity contribution >= 4 is 5.91 Å². The van der Waals surface area contributed by atoms with Crippen LogP contribution in [0, 0.1) is 5.82 Å². The van der Waals surface area contributed by atoms with Gasteiger partial charge in [-0.15, -0.1) is 0 Å². The largest absolute Gasteiger partial charge is 0.496 e. The lowest BCUT2D eigenvalue weighted by Gasteiger charge is -2.36. The number of carbonyl (C=O) groups is 1. The molecule has 18 heavy (non-hydrogen) atoms. The molecule has 2 rings (SSSR count). The maximum atomic E-state index is 13.4. The van der Waals surface area contributed by atoms with Gasteiger partial charge in [-0.1, -0.05) is 0 Å². The second-order valence-electron chi connectivity index (χ2n) is 4.32. The van der Waals surface area contributed by atoms with E-state index in [-0.39, 0.29) is 17.8 Å². The lowest BCUT2D eigenvalue weighted by atomic mass is 10.0.